The molecule has 0 radical (unpaired) electrons. The Hall–Kier alpha value is -1.51. The van der Waals surface area contributed by atoms with E-state index in [-0.39, 0.29) is 17.7 Å². The molecule has 3 rings (SSSR count). The fourth-order valence-corrected chi connectivity index (χ4v) is 5.38. The van der Waals surface area contributed by atoms with Gasteiger partial charge in [-0.25, -0.2) is 0 Å². The molecule has 4 nitrogen and oxygen atoms in total. The molecule has 2 aromatic rings. The highest BCUT2D eigenvalue weighted by Gasteiger charge is 2.34. The van der Waals surface area contributed by atoms with Crippen LogP contribution in [0.1, 0.15) is 11.1 Å². The number of carbonyl (C=O) groups excluding carboxylic acids is 2. The Morgan fingerprint density at radius 2 is 1.81 bits per heavy atom. The van der Waals surface area contributed by atoms with Crippen molar-refractivity contribution >= 4 is 74.2 Å². The summed E-state index contributed by atoms with van der Waals surface area (Å²) in [7, 11) is 0. The monoisotopic (exact) mass is 601 g/mol. The second-order valence-corrected chi connectivity index (χ2v) is 8.88. The molecule has 1 heterocycles. The van der Waals surface area contributed by atoms with E-state index >= 15 is 0 Å². The molecule has 27 heavy (non-hydrogen) atoms. The second kappa shape index (κ2) is 9.12. The molecule has 7 heteroatoms. The summed E-state index contributed by atoms with van der Waals surface area (Å²) in [5.74, 6) is 2.79. The van der Waals surface area contributed by atoms with Crippen LogP contribution < -0.4 is 4.74 Å². The van der Waals surface area contributed by atoms with Gasteiger partial charge >= 0.3 is 0 Å². The Bertz CT molecular complexity index is 944. The van der Waals surface area contributed by atoms with Gasteiger partial charge in [0.05, 0.1) is 18.6 Å². The van der Waals surface area contributed by atoms with Gasteiger partial charge in [0.15, 0.2) is 0 Å². The second-order valence-electron chi connectivity index (χ2n) is 5.56. The first kappa shape index (κ1) is 20.2. The molecular formula is C20H13I2NO3S. The summed E-state index contributed by atoms with van der Waals surface area (Å²) >= 11 is 5.33. The van der Waals surface area contributed by atoms with Crippen molar-refractivity contribution in [1.82, 2.24) is 4.90 Å². The predicted octanol–water partition coefficient (Wildman–Crippen LogP) is 5.14. The third-order valence-corrected chi connectivity index (χ3v) is 6.18. The van der Waals surface area contributed by atoms with Gasteiger partial charge in [-0.05, 0) is 86.3 Å². The lowest BCUT2D eigenvalue weighted by atomic mass is 10.2. The number of nitrogens with zero attached hydrogens (tertiary/aromatic N) is 1. The van der Waals surface area contributed by atoms with Crippen LogP contribution in [-0.4, -0.2) is 22.6 Å². The SMILES string of the molecule is C#CCN1C(=O)S/C(=C/c2cc(I)c(OCc3ccccc3)c(I)c2)C1=O. The number of thioether (sulfide) groups is 1. The van der Waals surface area contributed by atoms with Gasteiger partial charge in [-0.3, -0.25) is 14.5 Å². The van der Waals surface area contributed by atoms with E-state index in [1.807, 2.05) is 42.5 Å². The van der Waals surface area contributed by atoms with E-state index in [1.54, 1.807) is 6.08 Å². The summed E-state index contributed by atoms with van der Waals surface area (Å²) in [5.41, 5.74) is 1.93. The zero-order valence-electron chi connectivity index (χ0n) is 13.9. The zero-order chi connectivity index (χ0) is 19.4. The van der Waals surface area contributed by atoms with E-state index < -0.39 is 0 Å². The fourth-order valence-electron chi connectivity index (χ4n) is 2.41. The molecule has 1 aliphatic rings. The zero-order valence-corrected chi connectivity index (χ0v) is 19.1. The summed E-state index contributed by atoms with van der Waals surface area (Å²) in [5, 5.41) is -0.337. The number of benzene rings is 2. The van der Waals surface area contributed by atoms with Crippen LogP contribution in [0.5, 0.6) is 5.75 Å². The quantitative estimate of drug-likeness (QED) is 0.271. The number of carbonyl (C=O) groups is 2. The lowest BCUT2D eigenvalue weighted by molar-refractivity contribution is -0.122. The topological polar surface area (TPSA) is 46.6 Å². The largest absolute Gasteiger partial charge is 0.487 e. The van der Waals surface area contributed by atoms with Gasteiger partial charge in [0.2, 0.25) is 0 Å². The van der Waals surface area contributed by atoms with Crippen molar-refractivity contribution in [2.75, 3.05) is 6.54 Å². The maximum atomic E-state index is 12.3. The van der Waals surface area contributed by atoms with Crippen molar-refractivity contribution in [3.63, 3.8) is 0 Å². The van der Waals surface area contributed by atoms with Gasteiger partial charge in [-0.2, -0.15) is 0 Å². The molecule has 0 atom stereocenters. The molecule has 0 N–H and O–H groups in total. The first-order chi connectivity index (χ1) is 13.0. The van der Waals surface area contributed by atoms with Gasteiger partial charge in [0, 0.05) is 0 Å². The van der Waals surface area contributed by atoms with E-state index in [0.29, 0.717) is 11.5 Å². The van der Waals surface area contributed by atoms with E-state index in [4.69, 9.17) is 11.2 Å². The Morgan fingerprint density at radius 3 is 2.44 bits per heavy atom. The van der Waals surface area contributed by atoms with Gasteiger partial charge in [-0.15, -0.1) is 6.42 Å². The Kier molecular flexibility index (Phi) is 6.83. The van der Waals surface area contributed by atoms with Crippen LogP contribution in [0.25, 0.3) is 6.08 Å². The number of halogens is 2. The summed E-state index contributed by atoms with van der Waals surface area (Å²) in [6, 6.07) is 13.8. The maximum absolute atomic E-state index is 12.3. The lowest BCUT2D eigenvalue weighted by Crippen LogP contribution is -2.28. The minimum Gasteiger partial charge on any atom is -0.487 e. The molecule has 1 fully saturated rings. The molecule has 0 bridgehead atoms. The van der Waals surface area contributed by atoms with Crippen LogP contribution in [-0.2, 0) is 11.4 Å². The van der Waals surface area contributed by atoms with Gasteiger partial charge in [0.25, 0.3) is 11.1 Å². The lowest BCUT2D eigenvalue weighted by Gasteiger charge is -2.12. The van der Waals surface area contributed by atoms with E-state index in [2.05, 4.69) is 51.1 Å². The number of rotatable bonds is 5. The molecule has 1 saturated heterocycles. The average molecular weight is 601 g/mol. The fraction of sp³-hybridized carbons (Fsp3) is 0.100. The van der Waals surface area contributed by atoms with Gasteiger partial charge in [0.1, 0.15) is 12.4 Å². The summed E-state index contributed by atoms with van der Waals surface area (Å²) in [4.78, 5) is 25.6. The molecular weight excluding hydrogens is 588 g/mol. The van der Waals surface area contributed by atoms with E-state index in [1.165, 1.54) is 0 Å². The van der Waals surface area contributed by atoms with E-state index in [9.17, 15) is 9.59 Å². The maximum Gasteiger partial charge on any atom is 0.294 e. The van der Waals surface area contributed by atoms with Crippen molar-refractivity contribution in [2.45, 2.75) is 6.61 Å². The summed E-state index contributed by atoms with van der Waals surface area (Å²) in [6.45, 7) is 0.473. The highest BCUT2D eigenvalue weighted by molar-refractivity contribution is 14.1. The number of amides is 2. The molecule has 1 aliphatic heterocycles. The smallest absolute Gasteiger partial charge is 0.294 e. The van der Waals surface area contributed by atoms with Gasteiger partial charge in [-0.1, -0.05) is 36.3 Å². The van der Waals surface area contributed by atoms with Gasteiger partial charge < -0.3 is 4.74 Å². The van der Waals surface area contributed by atoms with Crippen molar-refractivity contribution in [1.29, 1.82) is 0 Å². The van der Waals surface area contributed by atoms with Crippen LogP contribution >= 0.6 is 56.9 Å². The minimum atomic E-state index is -0.350. The highest BCUT2D eigenvalue weighted by Crippen LogP contribution is 2.34. The first-order valence-corrected chi connectivity index (χ1v) is 10.8. The Labute approximate surface area is 189 Å². The summed E-state index contributed by atoms with van der Waals surface area (Å²) in [6.07, 6.45) is 6.93. The molecule has 2 amide bonds. The molecule has 0 aromatic heterocycles. The van der Waals surface area contributed by atoms with Crippen LogP contribution in [0.2, 0.25) is 0 Å². The van der Waals surface area contributed by atoms with Crippen LogP contribution in [0.4, 0.5) is 4.79 Å². The molecule has 136 valence electrons. The normalized spacial score (nSPS) is 15.3. The number of ether oxygens (including phenoxy) is 1. The predicted molar refractivity (Wildman–Crippen MR) is 124 cm³/mol. The minimum absolute atomic E-state index is 0.0106. The molecule has 2 aromatic carbocycles. The van der Waals surface area contributed by atoms with E-state index in [0.717, 1.165) is 40.7 Å². The first-order valence-electron chi connectivity index (χ1n) is 7.84. The average Bonchev–Trinajstić information content (AvgIpc) is 2.90. The standard InChI is InChI=1S/C20H13I2NO3S/c1-2-8-23-19(24)17(27-20(23)25)11-14-9-15(21)18(16(22)10-14)26-12-13-6-4-3-5-7-13/h1,3-7,9-11H,8,12H2/b17-11+. The number of hydrogen-bond acceptors (Lipinski definition) is 4. The van der Waals surface area contributed by atoms with Crippen molar-refractivity contribution in [2.24, 2.45) is 0 Å². The van der Waals surface area contributed by atoms with Crippen molar-refractivity contribution in [3.05, 3.63) is 65.6 Å². The molecule has 0 aliphatic carbocycles. The van der Waals surface area contributed by atoms with Crippen molar-refractivity contribution < 1.29 is 14.3 Å². The Balaban J connectivity index is 1.80. The third-order valence-electron chi connectivity index (χ3n) is 3.67. The van der Waals surface area contributed by atoms with Crippen LogP contribution in [0.3, 0.4) is 0 Å². The van der Waals surface area contributed by atoms with Crippen LogP contribution in [0, 0.1) is 19.5 Å². The number of imide groups is 1. The third kappa shape index (κ3) is 4.86. The number of terminal acetylenes is 1. The molecule has 0 saturated carbocycles. The number of hydrogen-bond donors (Lipinski definition) is 0. The highest BCUT2D eigenvalue weighted by atomic mass is 127. The van der Waals surface area contributed by atoms with Crippen molar-refractivity contribution in [3.8, 4) is 18.1 Å². The molecule has 0 spiro atoms. The summed E-state index contributed by atoms with van der Waals surface area (Å²) < 4.78 is 7.84. The Morgan fingerprint density at radius 1 is 1.15 bits per heavy atom. The van der Waals surface area contributed by atoms with Crippen LogP contribution in [0.15, 0.2) is 47.4 Å². The molecule has 0 unspecified atom stereocenters.